The summed E-state index contributed by atoms with van der Waals surface area (Å²) in [5, 5.41) is 21.0. The predicted octanol–water partition coefficient (Wildman–Crippen LogP) is 3.93. The first-order chi connectivity index (χ1) is 12.6. The fraction of sp³-hybridized carbons (Fsp3) is 0.150. The van der Waals surface area contributed by atoms with Crippen LogP contribution in [-0.2, 0) is 13.0 Å². The molecule has 1 aromatic heterocycles. The molecule has 0 radical (unpaired) electrons. The zero-order chi connectivity index (χ0) is 18.1. The molecule has 2 aromatic carbocycles. The normalized spacial score (nSPS) is 13.3. The molecule has 6 nitrogen and oxygen atoms in total. The minimum atomic E-state index is -0.395. The van der Waals surface area contributed by atoms with Gasteiger partial charge in [0, 0.05) is 24.7 Å². The molecule has 26 heavy (non-hydrogen) atoms. The second-order valence-electron chi connectivity index (χ2n) is 6.28. The van der Waals surface area contributed by atoms with E-state index in [0.29, 0.717) is 18.1 Å². The summed E-state index contributed by atoms with van der Waals surface area (Å²) in [5.41, 5.74) is 3.37. The number of anilines is 1. The van der Waals surface area contributed by atoms with Crippen LogP contribution in [0, 0.1) is 10.1 Å². The Labute approximate surface area is 150 Å². The summed E-state index contributed by atoms with van der Waals surface area (Å²) in [5.74, 6) is 0.991. The van der Waals surface area contributed by atoms with Crippen LogP contribution in [-0.4, -0.2) is 21.6 Å². The van der Waals surface area contributed by atoms with Crippen molar-refractivity contribution < 1.29 is 10.0 Å². The topological polar surface area (TPSA) is 79.5 Å². The van der Waals surface area contributed by atoms with Crippen LogP contribution in [0.25, 0.3) is 11.3 Å². The third-order valence-electron chi connectivity index (χ3n) is 4.63. The molecule has 0 amide bonds. The van der Waals surface area contributed by atoms with E-state index in [2.05, 4.69) is 9.88 Å². The molecule has 0 bridgehead atoms. The smallest absolute Gasteiger partial charge is 0.295 e. The maximum atomic E-state index is 11.4. The Kier molecular flexibility index (Phi) is 4.01. The number of pyridine rings is 1. The first-order valence-corrected chi connectivity index (χ1v) is 8.38. The summed E-state index contributed by atoms with van der Waals surface area (Å²) in [7, 11) is 0. The highest BCUT2D eigenvalue weighted by molar-refractivity contribution is 5.71. The monoisotopic (exact) mass is 347 g/mol. The van der Waals surface area contributed by atoms with Crippen molar-refractivity contribution >= 4 is 11.5 Å². The number of nitrogens with zero attached hydrogens (tertiary/aromatic N) is 3. The lowest BCUT2D eigenvalue weighted by molar-refractivity contribution is -0.384. The molecule has 0 aliphatic carbocycles. The molecular formula is C20H17N3O3. The Morgan fingerprint density at radius 1 is 1.04 bits per heavy atom. The van der Waals surface area contributed by atoms with Crippen molar-refractivity contribution in [2.75, 3.05) is 11.4 Å². The molecule has 1 aliphatic rings. The molecule has 4 rings (SSSR count). The molecule has 0 saturated carbocycles. The van der Waals surface area contributed by atoms with E-state index in [-0.39, 0.29) is 11.4 Å². The number of phenolic OH excluding ortho intramolecular Hbond substituents is 1. The zero-order valence-corrected chi connectivity index (χ0v) is 14.0. The van der Waals surface area contributed by atoms with Gasteiger partial charge < -0.3 is 10.0 Å². The molecule has 0 atom stereocenters. The lowest BCUT2D eigenvalue weighted by Crippen LogP contribution is -2.31. The van der Waals surface area contributed by atoms with Crippen molar-refractivity contribution in [2.45, 2.75) is 13.0 Å². The molecule has 2 heterocycles. The Morgan fingerprint density at radius 2 is 1.85 bits per heavy atom. The van der Waals surface area contributed by atoms with Crippen LogP contribution >= 0.6 is 0 Å². The van der Waals surface area contributed by atoms with Gasteiger partial charge in [-0.1, -0.05) is 36.4 Å². The molecule has 0 unspecified atom stereocenters. The molecule has 0 saturated heterocycles. The fourth-order valence-electron chi connectivity index (χ4n) is 3.31. The van der Waals surface area contributed by atoms with Gasteiger partial charge in [-0.2, -0.15) is 0 Å². The van der Waals surface area contributed by atoms with Crippen LogP contribution < -0.4 is 4.90 Å². The van der Waals surface area contributed by atoms with E-state index in [4.69, 9.17) is 0 Å². The number of aromatic hydroxyl groups is 1. The van der Waals surface area contributed by atoms with E-state index in [0.717, 1.165) is 29.7 Å². The van der Waals surface area contributed by atoms with E-state index in [9.17, 15) is 15.2 Å². The molecule has 3 aromatic rings. The van der Waals surface area contributed by atoms with Gasteiger partial charge in [0.05, 0.1) is 4.92 Å². The summed E-state index contributed by atoms with van der Waals surface area (Å²) < 4.78 is 0. The van der Waals surface area contributed by atoms with Gasteiger partial charge in [0.2, 0.25) is 0 Å². The zero-order valence-electron chi connectivity index (χ0n) is 14.0. The number of hydrogen-bond donors (Lipinski definition) is 1. The lowest BCUT2D eigenvalue weighted by atomic mass is 9.99. The maximum absolute atomic E-state index is 11.4. The molecule has 1 N–H and O–H groups in total. The van der Waals surface area contributed by atoms with E-state index >= 15 is 0 Å². The summed E-state index contributed by atoms with van der Waals surface area (Å²) in [6.45, 7) is 1.41. The number of nitro groups is 1. The lowest BCUT2D eigenvalue weighted by Gasteiger charge is -2.30. The molecular weight excluding hydrogens is 330 g/mol. The maximum Gasteiger partial charge on any atom is 0.295 e. The molecule has 0 fully saturated rings. The van der Waals surface area contributed by atoms with Crippen molar-refractivity contribution in [3.63, 3.8) is 0 Å². The largest absolute Gasteiger partial charge is 0.508 e. The van der Waals surface area contributed by atoms with Crippen LogP contribution in [0.5, 0.6) is 5.75 Å². The van der Waals surface area contributed by atoms with Gasteiger partial charge in [0.1, 0.15) is 11.6 Å². The first-order valence-electron chi connectivity index (χ1n) is 8.38. The van der Waals surface area contributed by atoms with E-state index in [1.807, 2.05) is 36.4 Å². The SMILES string of the molecule is O=[N+]([O-])c1ccc(N2CCc3cc(O)ccc3C2)nc1-c1ccccc1. The summed E-state index contributed by atoms with van der Waals surface area (Å²) >= 11 is 0. The quantitative estimate of drug-likeness (QED) is 0.574. The number of rotatable bonds is 3. The molecule has 6 heteroatoms. The van der Waals surface area contributed by atoms with Gasteiger partial charge in [-0.05, 0) is 35.7 Å². The van der Waals surface area contributed by atoms with E-state index in [1.165, 1.54) is 6.07 Å². The number of fused-ring (bicyclic) bond motifs is 1. The van der Waals surface area contributed by atoms with Crippen LogP contribution in [0.1, 0.15) is 11.1 Å². The van der Waals surface area contributed by atoms with Gasteiger partial charge in [-0.25, -0.2) is 4.98 Å². The second kappa shape index (κ2) is 6.48. The van der Waals surface area contributed by atoms with Crippen molar-refractivity contribution in [1.82, 2.24) is 4.98 Å². The molecule has 130 valence electrons. The minimum absolute atomic E-state index is 0.00211. The van der Waals surface area contributed by atoms with Gasteiger partial charge in [-0.15, -0.1) is 0 Å². The van der Waals surface area contributed by atoms with Crippen molar-refractivity contribution in [2.24, 2.45) is 0 Å². The summed E-state index contributed by atoms with van der Waals surface area (Å²) in [6, 6.07) is 17.8. The Morgan fingerprint density at radius 3 is 2.62 bits per heavy atom. The van der Waals surface area contributed by atoms with Gasteiger partial charge in [0.25, 0.3) is 5.69 Å². The predicted molar refractivity (Wildman–Crippen MR) is 99.2 cm³/mol. The first kappa shape index (κ1) is 16.1. The average Bonchev–Trinajstić information content (AvgIpc) is 2.67. The van der Waals surface area contributed by atoms with E-state index < -0.39 is 4.92 Å². The number of phenols is 1. The third-order valence-corrected chi connectivity index (χ3v) is 4.63. The highest BCUT2D eigenvalue weighted by Gasteiger charge is 2.22. The van der Waals surface area contributed by atoms with Gasteiger partial charge in [-0.3, -0.25) is 10.1 Å². The fourth-order valence-corrected chi connectivity index (χ4v) is 3.31. The number of aromatic nitrogens is 1. The second-order valence-corrected chi connectivity index (χ2v) is 6.28. The average molecular weight is 347 g/mol. The Bertz CT molecular complexity index is 973. The van der Waals surface area contributed by atoms with Gasteiger partial charge >= 0.3 is 0 Å². The van der Waals surface area contributed by atoms with E-state index in [1.54, 1.807) is 18.2 Å². The number of benzene rings is 2. The van der Waals surface area contributed by atoms with Crippen LogP contribution in [0.2, 0.25) is 0 Å². The minimum Gasteiger partial charge on any atom is -0.508 e. The third kappa shape index (κ3) is 2.97. The van der Waals surface area contributed by atoms with Crippen molar-refractivity contribution in [3.05, 3.63) is 81.9 Å². The van der Waals surface area contributed by atoms with Crippen LogP contribution in [0.15, 0.2) is 60.7 Å². The highest BCUT2D eigenvalue weighted by Crippen LogP contribution is 2.32. The highest BCUT2D eigenvalue weighted by atomic mass is 16.6. The molecule has 0 spiro atoms. The van der Waals surface area contributed by atoms with Crippen molar-refractivity contribution in [3.8, 4) is 17.0 Å². The summed E-state index contributed by atoms with van der Waals surface area (Å²) in [4.78, 5) is 17.7. The Hall–Kier alpha value is -3.41. The van der Waals surface area contributed by atoms with Crippen molar-refractivity contribution in [1.29, 1.82) is 0 Å². The Balaban J connectivity index is 1.72. The number of hydrogen-bond acceptors (Lipinski definition) is 5. The van der Waals surface area contributed by atoms with Gasteiger partial charge in [0.15, 0.2) is 5.69 Å². The summed E-state index contributed by atoms with van der Waals surface area (Å²) in [6.07, 6.45) is 0.795. The standard InChI is InChI=1S/C20H17N3O3/c24-17-7-6-16-13-22(11-10-15(16)12-17)19-9-8-18(23(25)26)20(21-19)14-4-2-1-3-5-14/h1-9,12,24H,10-11,13H2. The van der Waals surface area contributed by atoms with Crippen LogP contribution in [0.3, 0.4) is 0 Å². The van der Waals surface area contributed by atoms with Crippen LogP contribution in [0.4, 0.5) is 11.5 Å². The molecule has 1 aliphatic heterocycles.